The second-order valence-electron chi connectivity index (χ2n) is 5.86. The van der Waals surface area contributed by atoms with Crippen molar-refractivity contribution in [2.75, 3.05) is 30.8 Å². The smallest absolute Gasteiger partial charge is 0.279 e. The molecule has 0 saturated heterocycles. The minimum Gasteiger partial charge on any atom is -0.366 e. The summed E-state index contributed by atoms with van der Waals surface area (Å²) < 4.78 is 0. The highest BCUT2D eigenvalue weighted by Crippen LogP contribution is 2.13. The van der Waals surface area contributed by atoms with Gasteiger partial charge in [-0.25, -0.2) is 0 Å². The standard InChI is InChI=1S/C18H19ClN4O3/c1-23(11-17(25)22-15-8-4-13(19)5-9-15)10-16(24)21-14-6-2-12(3-7-14)18(20)26/h2-9H,10-11H2,1H3,(H2,20,26)(H,21,24)(H,22,25)/p+1. The third-order valence-corrected chi connectivity index (χ3v) is 3.76. The summed E-state index contributed by atoms with van der Waals surface area (Å²) in [6, 6.07) is 13.1. The molecule has 2 aromatic carbocycles. The Morgan fingerprint density at radius 1 is 0.885 bits per heavy atom. The van der Waals surface area contributed by atoms with Gasteiger partial charge in [-0.1, -0.05) is 11.6 Å². The van der Waals surface area contributed by atoms with Gasteiger partial charge < -0.3 is 21.3 Å². The summed E-state index contributed by atoms with van der Waals surface area (Å²) in [7, 11) is 1.75. The van der Waals surface area contributed by atoms with Crippen LogP contribution >= 0.6 is 11.6 Å². The second-order valence-corrected chi connectivity index (χ2v) is 6.29. The van der Waals surface area contributed by atoms with Crippen molar-refractivity contribution in [3.05, 3.63) is 59.1 Å². The lowest BCUT2D eigenvalue weighted by atomic mass is 10.2. The Labute approximate surface area is 156 Å². The van der Waals surface area contributed by atoms with Crippen LogP contribution in [0.5, 0.6) is 0 Å². The molecule has 0 bridgehead atoms. The number of hydrogen-bond acceptors (Lipinski definition) is 3. The average Bonchev–Trinajstić information content (AvgIpc) is 2.57. The van der Waals surface area contributed by atoms with Crippen LogP contribution in [0.3, 0.4) is 0 Å². The van der Waals surface area contributed by atoms with Gasteiger partial charge in [0, 0.05) is 22.0 Å². The van der Waals surface area contributed by atoms with E-state index in [1.807, 2.05) is 0 Å². The first-order chi connectivity index (χ1) is 12.3. The molecule has 1 unspecified atom stereocenters. The highest BCUT2D eigenvalue weighted by atomic mass is 35.5. The van der Waals surface area contributed by atoms with Crippen molar-refractivity contribution < 1.29 is 19.3 Å². The van der Waals surface area contributed by atoms with E-state index in [9.17, 15) is 14.4 Å². The number of rotatable bonds is 7. The predicted molar refractivity (Wildman–Crippen MR) is 100 cm³/mol. The molecule has 136 valence electrons. The van der Waals surface area contributed by atoms with Crippen LogP contribution in [0.25, 0.3) is 0 Å². The Bertz CT molecular complexity index is 791. The van der Waals surface area contributed by atoms with Crippen LogP contribution in [0.15, 0.2) is 48.5 Å². The quantitative estimate of drug-likeness (QED) is 0.567. The molecule has 5 N–H and O–H groups in total. The molecule has 8 heteroatoms. The van der Waals surface area contributed by atoms with E-state index < -0.39 is 5.91 Å². The van der Waals surface area contributed by atoms with Gasteiger partial charge in [0.15, 0.2) is 13.1 Å². The molecule has 0 aliphatic carbocycles. The van der Waals surface area contributed by atoms with Crippen molar-refractivity contribution in [3.8, 4) is 0 Å². The number of carbonyl (C=O) groups excluding carboxylic acids is 3. The minimum absolute atomic E-state index is 0.117. The molecule has 0 aliphatic rings. The monoisotopic (exact) mass is 375 g/mol. The molecular weight excluding hydrogens is 356 g/mol. The Balaban J connectivity index is 1.79. The van der Waals surface area contributed by atoms with Gasteiger partial charge in [0.2, 0.25) is 5.91 Å². The average molecular weight is 376 g/mol. The highest BCUT2D eigenvalue weighted by molar-refractivity contribution is 6.30. The summed E-state index contributed by atoms with van der Waals surface area (Å²) in [6.45, 7) is 0.252. The first kappa shape index (κ1) is 19.4. The zero-order valence-electron chi connectivity index (χ0n) is 14.2. The van der Waals surface area contributed by atoms with Gasteiger partial charge in [0.25, 0.3) is 11.8 Å². The largest absolute Gasteiger partial charge is 0.366 e. The van der Waals surface area contributed by atoms with E-state index in [0.717, 1.165) is 4.90 Å². The zero-order valence-corrected chi connectivity index (χ0v) is 15.0. The van der Waals surface area contributed by atoms with Gasteiger partial charge in [-0.3, -0.25) is 14.4 Å². The lowest BCUT2D eigenvalue weighted by Gasteiger charge is -2.14. The number of anilines is 2. The van der Waals surface area contributed by atoms with E-state index in [2.05, 4.69) is 10.6 Å². The number of likely N-dealkylation sites (N-methyl/N-ethyl adjacent to an activating group) is 1. The van der Waals surface area contributed by atoms with Crippen molar-refractivity contribution in [1.29, 1.82) is 0 Å². The van der Waals surface area contributed by atoms with Crippen LogP contribution in [0.1, 0.15) is 10.4 Å². The van der Waals surface area contributed by atoms with Crippen molar-refractivity contribution >= 4 is 40.7 Å². The summed E-state index contributed by atoms with van der Waals surface area (Å²) in [5, 5.41) is 6.04. The minimum atomic E-state index is -0.529. The second kappa shape index (κ2) is 8.98. The Kier molecular flexibility index (Phi) is 6.71. The van der Waals surface area contributed by atoms with Crippen LogP contribution in [-0.2, 0) is 9.59 Å². The van der Waals surface area contributed by atoms with E-state index in [0.29, 0.717) is 22.0 Å². The van der Waals surface area contributed by atoms with Gasteiger partial charge in [-0.15, -0.1) is 0 Å². The number of benzene rings is 2. The number of carbonyl (C=O) groups is 3. The van der Waals surface area contributed by atoms with Gasteiger partial charge >= 0.3 is 0 Å². The summed E-state index contributed by atoms with van der Waals surface area (Å²) in [4.78, 5) is 35.8. The number of primary amides is 1. The van der Waals surface area contributed by atoms with Crippen LogP contribution in [-0.4, -0.2) is 37.9 Å². The fourth-order valence-electron chi connectivity index (χ4n) is 2.27. The molecular formula is C18H20ClN4O3+. The maximum atomic E-state index is 12.0. The third-order valence-electron chi connectivity index (χ3n) is 3.51. The van der Waals surface area contributed by atoms with Gasteiger partial charge in [-0.2, -0.15) is 0 Å². The summed E-state index contributed by atoms with van der Waals surface area (Å²) in [6.07, 6.45) is 0. The maximum Gasteiger partial charge on any atom is 0.279 e. The van der Waals surface area contributed by atoms with E-state index >= 15 is 0 Å². The van der Waals surface area contributed by atoms with E-state index in [1.165, 1.54) is 12.1 Å². The number of halogens is 1. The number of hydrogen-bond donors (Lipinski definition) is 4. The topological polar surface area (TPSA) is 106 Å². The predicted octanol–water partition coefficient (Wildman–Crippen LogP) is 0.531. The SMILES string of the molecule is C[NH+](CC(=O)Nc1ccc(Cl)cc1)CC(=O)Nc1ccc(C(N)=O)cc1. The fourth-order valence-corrected chi connectivity index (χ4v) is 2.40. The lowest BCUT2D eigenvalue weighted by Crippen LogP contribution is -3.11. The number of nitrogens with one attached hydrogen (secondary N) is 3. The molecule has 3 amide bonds. The highest BCUT2D eigenvalue weighted by Gasteiger charge is 2.14. The van der Waals surface area contributed by atoms with Crippen LogP contribution in [0.4, 0.5) is 11.4 Å². The first-order valence-corrected chi connectivity index (χ1v) is 8.27. The number of quaternary nitrogens is 1. The van der Waals surface area contributed by atoms with Gasteiger partial charge in [-0.05, 0) is 48.5 Å². The lowest BCUT2D eigenvalue weighted by molar-refractivity contribution is -0.862. The molecule has 0 radical (unpaired) electrons. The van der Waals surface area contributed by atoms with Crippen molar-refractivity contribution in [3.63, 3.8) is 0 Å². The van der Waals surface area contributed by atoms with E-state index in [-0.39, 0.29) is 24.9 Å². The number of nitrogens with two attached hydrogens (primary N) is 1. The molecule has 1 atom stereocenters. The van der Waals surface area contributed by atoms with Gasteiger partial charge in [0.05, 0.1) is 7.05 Å². The van der Waals surface area contributed by atoms with Crippen molar-refractivity contribution in [2.45, 2.75) is 0 Å². The van der Waals surface area contributed by atoms with Crippen LogP contribution < -0.4 is 21.3 Å². The molecule has 2 aromatic rings. The Morgan fingerprint density at radius 3 is 1.73 bits per heavy atom. The molecule has 0 fully saturated rings. The Hall–Kier alpha value is -2.90. The first-order valence-electron chi connectivity index (χ1n) is 7.90. The van der Waals surface area contributed by atoms with Crippen LogP contribution in [0.2, 0.25) is 5.02 Å². The molecule has 26 heavy (non-hydrogen) atoms. The molecule has 7 nitrogen and oxygen atoms in total. The summed E-state index contributed by atoms with van der Waals surface area (Å²) in [5.74, 6) is -0.976. The van der Waals surface area contributed by atoms with Gasteiger partial charge in [0.1, 0.15) is 0 Å². The fraction of sp³-hybridized carbons (Fsp3) is 0.167. The van der Waals surface area contributed by atoms with Crippen LogP contribution in [0, 0.1) is 0 Å². The molecule has 0 aliphatic heterocycles. The molecule has 0 aromatic heterocycles. The van der Waals surface area contributed by atoms with Crippen molar-refractivity contribution in [2.24, 2.45) is 5.73 Å². The van der Waals surface area contributed by atoms with E-state index in [4.69, 9.17) is 17.3 Å². The number of amides is 3. The van der Waals surface area contributed by atoms with Crippen molar-refractivity contribution in [1.82, 2.24) is 0 Å². The third kappa shape index (κ3) is 6.19. The Morgan fingerprint density at radius 2 is 1.31 bits per heavy atom. The zero-order chi connectivity index (χ0) is 19.1. The molecule has 0 spiro atoms. The normalized spacial score (nSPS) is 11.5. The maximum absolute atomic E-state index is 12.0. The molecule has 0 saturated carbocycles. The summed E-state index contributed by atoms with van der Waals surface area (Å²) >= 11 is 5.80. The van der Waals surface area contributed by atoms with E-state index in [1.54, 1.807) is 43.4 Å². The molecule has 2 rings (SSSR count). The molecule has 0 heterocycles. The summed E-state index contributed by atoms with van der Waals surface area (Å²) in [5.41, 5.74) is 6.73.